The average molecular weight is 315 g/mol. The summed E-state index contributed by atoms with van der Waals surface area (Å²) in [6.45, 7) is 0. The molecule has 7 heteroatoms. The van der Waals surface area contributed by atoms with E-state index >= 15 is 0 Å². The maximum absolute atomic E-state index is 12.2. The Balaban J connectivity index is 1.94. The third kappa shape index (κ3) is 2.70. The number of hydrogen-bond acceptors (Lipinski definition) is 4. The van der Waals surface area contributed by atoms with Crippen molar-refractivity contribution in [2.24, 2.45) is 5.73 Å². The van der Waals surface area contributed by atoms with Crippen LogP contribution in [0.15, 0.2) is 30.5 Å². The van der Waals surface area contributed by atoms with Crippen molar-refractivity contribution in [1.29, 1.82) is 0 Å². The molecule has 2 amide bonds. The van der Waals surface area contributed by atoms with Crippen molar-refractivity contribution < 1.29 is 19.5 Å². The van der Waals surface area contributed by atoms with E-state index < -0.39 is 29.9 Å². The van der Waals surface area contributed by atoms with E-state index in [2.05, 4.69) is 4.98 Å². The van der Waals surface area contributed by atoms with Crippen LogP contribution in [-0.4, -0.2) is 44.9 Å². The lowest BCUT2D eigenvalue weighted by Gasteiger charge is -2.33. The summed E-state index contributed by atoms with van der Waals surface area (Å²) in [4.78, 5) is 39.8. The van der Waals surface area contributed by atoms with E-state index in [1.54, 1.807) is 6.20 Å². The summed E-state index contributed by atoms with van der Waals surface area (Å²) in [6.07, 6.45) is 2.10. The topological polar surface area (TPSA) is 116 Å². The third-order valence-electron chi connectivity index (χ3n) is 4.18. The second-order valence-corrected chi connectivity index (χ2v) is 5.66. The molecule has 3 rings (SSSR count). The zero-order valence-electron chi connectivity index (χ0n) is 12.4. The molecule has 1 fully saturated rings. The number of para-hydroxylation sites is 1. The van der Waals surface area contributed by atoms with Crippen LogP contribution in [0.1, 0.15) is 18.4 Å². The number of carbonyl (C=O) groups excluding carboxylic acids is 2. The zero-order chi connectivity index (χ0) is 16.6. The van der Waals surface area contributed by atoms with E-state index in [0.29, 0.717) is 0 Å². The molecule has 0 bridgehead atoms. The van der Waals surface area contributed by atoms with E-state index in [0.717, 1.165) is 21.4 Å². The number of imide groups is 1. The quantitative estimate of drug-likeness (QED) is 0.716. The highest BCUT2D eigenvalue weighted by atomic mass is 16.4. The molecule has 7 nitrogen and oxygen atoms in total. The fourth-order valence-electron chi connectivity index (χ4n) is 2.95. The molecule has 1 aromatic heterocycles. The van der Waals surface area contributed by atoms with Gasteiger partial charge in [0.25, 0.3) is 0 Å². The molecule has 1 saturated heterocycles. The number of nitrogens with zero attached hydrogens (tertiary/aromatic N) is 1. The van der Waals surface area contributed by atoms with Gasteiger partial charge in [-0.15, -0.1) is 0 Å². The van der Waals surface area contributed by atoms with Gasteiger partial charge >= 0.3 is 5.97 Å². The van der Waals surface area contributed by atoms with Crippen molar-refractivity contribution in [3.05, 3.63) is 36.0 Å². The van der Waals surface area contributed by atoms with Gasteiger partial charge in [0.05, 0.1) is 6.04 Å². The maximum Gasteiger partial charge on any atom is 0.327 e. The minimum Gasteiger partial charge on any atom is -0.480 e. The van der Waals surface area contributed by atoms with Gasteiger partial charge in [0.1, 0.15) is 6.04 Å². The molecule has 0 radical (unpaired) electrons. The lowest BCUT2D eigenvalue weighted by molar-refractivity contribution is -0.161. The Morgan fingerprint density at radius 1 is 1.39 bits per heavy atom. The number of aliphatic carboxylic acids is 1. The molecule has 2 atom stereocenters. The van der Waals surface area contributed by atoms with Crippen LogP contribution in [-0.2, 0) is 20.8 Å². The predicted octanol–water partition coefficient (Wildman–Crippen LogP) is 0.640. The van der Waals surface area contributed by atoms with Crippen LogP contribution in [0.4, 0.5) is 0 Å². The van der Waals surface area contributed by atoms with Crippen LogP contribution in [0.3, 0.4) is 0 Å². The van der Waals surface area contributed by atoms with Crippen LogP contribution in [0, 0.1) is 0 Å². The molecule has 2 heterocycles. The van der Waals surface area contributed by atoms with E-state index in [1.807, 2.05) is 24.3 Å². The fourth-order valence-corrected chi connectivity index (χ4v) is 2.95. The first-order chi connectivity index (χ1) is 11.0. The molecule has 1 aliphatic heterocycles. The Hall–Kier alpha value is -2.67. The molecule has 0 unspecified atom stereocenters. The van der Waals surface area contributed by atoms with Crippen molar-refractivity contribution in [3.63, 3.8) is 0 Å². The van der Waals surface area contributed by atoms with Gasteiger partial charge in [0.2, 0.25) is 11.8 Å². The number of fused-ring (bicyclic) bond motifs is 1. The zero-order valence-corrected chi connectivity index (χ0v) is 12.4. The number of aromatic nitrogens is 1. The summed E-state index contributed by atoms with van der Waals surface area (Å²) in [5, 5.41) is 10.4. The molecule has 2 aromatic rings. The number of rotatable bonds is 4. The first-order valence-corrected chi connectivity index (χ1v) is 7.38. The largest absolute Gasteiger partial charge is 0.480 e. The third-order valence-corrected chi connectivity index (χ3v) is 4.18. The van der Waals surface area contributed by atoms with E-state index in [1.165, 1.54) is 0 Å². The SMILES string of the molecule is N[C@@H]1CCC(=O)N([C@H](Cc2c[nH]c3ccccc23)C(=O)O)C1=O. The maximum atomic E-state index is 12.2. The van der Waals surface area contributed by atoms with E-state index in [9.17, 15) is 19.5 Å². The van der Waals surface area contributed by atoms with Crippen LogP contribution < -0.4 is 5.73 Å². The number of carboxylic acid groups (broad SMARTS) is 1. The van der Waals surface area contributed by atoms with Crippen molar-refractivity contribution in [3.8, 4) is 0 Å². The normalized spacial score (nSPS) is 20.0. The van der Waals surface area contributed by atoms with Gasteiger partial charge in [-0.2, -0.15) is 0 Å². The molecule has 120 valence electrons. The molecule has 1 aromatic carbocycles. The molecular formula is C16H17N3O4. The summed E-state index contributed by atoms with van der Waals surface area (Å²) in [5.41, 5.74) is 7.31. The number of H-pyrrole nitrogens is 1. The van der Waals surface area contributed by atoms with Gasteiger partial charge in [-0.1, -0.05) is 18.2 Å². The Morgan fingerprint density at radius 2 is 2.13 bits per heavy atom. The first kappa shape index (κ1) is 15.2. The molecule has 0 saturated carbocycles. The smallest absolute Gasteiger partial charge is 0.327 e. The second kappa shape index (κ2) is 5.85. The monoisotopic (exact) mass is 315 g/mol. The first-order valence-electron chi connectivity index (χ1n) is 7.38. The number of carboxylic acids is 1. The number of nitrogens with one attached hydrogen (secondary N) is 1. The number of nitrogens with two attached hydrogens (primary N) is 1. The van der Waals surface area contributed by atoms with Crippen LogP contribution >= 0.6 is 0 Å². The fraction of sp³-hybridized carbons (Fsp3) is 0.312. The molecular weight excluding hydrogens is 298 g/mol. The van der Waals surface area contributed by atoms with Gasteiger partial charge in [-0.25, -0.2) is 4.79 Å². The van der Waals surface area contributed by atoms with Crippen LogP contribution in [0.2, 0.25) is 0 Å². The summed E-state index contributed by atoms with van der Waals surface area (Å²) in [7, 11) is 0. The molecule has 23 heavy (non-hydrogen) atoms. The minimum atomic E-state index is -1.25. The van der Waals surface area contributed by atoms with Crippen molar-refractivity contribution >= 4 is 28.7 Å². The van der Waals surface area contributed by atoms with Gasteiger partial charge in [0, 0.05) is 29.9 Å². The second-order valence-electron chi connectivity index (χ2n) is 5.66. The number of benzene rings is 1. The molecule has 0 spiro atoms. The Bertz CT molecular complexity index is 782. The Labute approximate surface area is 132 Å². The Morgan fingerprint density at radius 3 is 2.87 bits per heavy atom. The number of amides is 2. The molecule has 1 aliphatic rings. The highest BCUT2D eigenvalue weighted by molar-refractivity contribution is 6.03. The number of piperidine rings is 1. The summed E-state index contributed by atoms with van der Waals surface area (Å²) in [5.74, 6) is -2.32. The number of aromatic amines is 1. The predicted molar refractivity (Wildman–Crippen MR) is 82.5 cm³/mol. The average Bonchev–Trinajstić information content (AvgIpc) is 2.93. The van der Waals surface area contributed by atoms with Crippen LogP contribution in [0.25, 0.3) is 10.9 Å². The van der Waals surface area contributed by atoms with Crippen molar-refractivity contribution in [2.45, 2.75) is 31.3 Å². The molecule has 0 aliphatic carbocycles. The highest BCUT2D eigenvalue weighted by Gasteiger charge is 2.40. The number of carbonyl (C=O) groups is 3. The van der Waals surface area contributed by atoms with Crippen molar-refractivity contribution in [2.75, 3.05) is 0 Å². The summed E-state index contributed by atoms with van der Waals surface area (Å²) < 4.78 is 0. The Kier molecular flexibility index (Phi) is 3.87. The number of hydrogen-bond donors (Lipinski definition) is 3. The standard InChI is InChI=1S/C16H17N3O4/c17-11-5-6-14(20)19(15(11)21)13(16(22)23)7-9-8-18-12-4-2-1-3-10(9)12/h1-4,8,11,13,18H,5-7,17H2,(H,22,23)/t11-,13-/m1/s1. The van der Waals surface area contributed by atoms with Gasteiger partial charge in [0.15, 0.2) is 0 Å². The highest BCUT2D eigenvalue weighted by Crippen LogP contribution is 2.23. The minimum absolute atomic E-state index is 0.0452. The summed E-state index contributed by atoms with van der Waals surface area (Å²) >= 11 is 0. The van der Waals surface area contributed by atoms with E-state index in [-0.39, 0.29) is 19.3 Å². The lowest BCUT2D eigenvalue weighted by Crippen LogP contribution is -2.58. The van der Waals surface area contributed by atoms with Crippen LogP contribution in [0.5, 0.6) is 0 Å². The van der Waals surface area contributed by atoms with Gasteiger partial charge in [-0.3, -0.25) is 14.5 Å². The molecule has 4 N–H and O–H groups in total. The lowest BCUT2D eigenvalue weighted by atomic mass is 9.98. The van der Waals surface area contributed by atoms with E-state index in [4.69, 9.17) is 5.73 Å². The van der Waals surface area contributed by atoms with Gasteiger partial charge < -0.3 is 15.8 Å². The summed E-state index contributed by atoms with van der Waals surface area (Å²) in [6, 6.07) is 5.39. The number of likely N-dealkylation sites (tertiary alicyclic amines) is 1. The van der Waals surface area contributed by atoms with Crippen molar-refractivity contribution in [1.82, 2.24) is 9.88 Å². The van der Waals surface area contributed by atoms with Gasteiger partial charge in [-0.05, 0) is 18.1 Å².